The SMILES string of the molecule is CCOC(CCOc1cc(C(C)C)ccc1C)OCC. The maximum atomic E-state index is 5.89. The van der Waals surface area contributed by atoms with Gasteiger partial charge in [0, 0.05) is 19.6 Å². The second-order valence-corrected chi connectivity index (χ2v) is 5.16. The molecule has 1 aromatic carbocycles. The molecule has 0 atom stereocenters. The molecule has 0 spiro atoms. The topological polar surface area (TPSA) is 27.7 Å². The zero-order chi connectivity index (χ0) is 15.0. The Balaban J connectivity index is 2.53. The first-order valence-electron chi connectivity index (χ1n) is 7.55. The standard InChI is InChI=1S/C17H28O3/c1-6-18-17(19-7-2)10-11-20-16-12-15(13(3)4)9-8-14(16)5/h8-9,12-13,17H,6-7,10-11H2,1-5H3. The highest BCUT2D eigenvalue weighted by molar-refractivity contribution is 5.37. The van der Waals surface area contributed by atoms with Crippen molar-refractivity contribution < 1.29 is 14.2 Å². The fourth-order valence-electron chi connectivity index (χ4n) is 1.98. The lowest BCUT2D eigenvalue weighted by molar-refractivity contribution is -0.142. The van der Waals surface area contributed by atoms with Crippen LogP contribution in [0.4, 0.5) is 0 Å². The summed E-state index contributed by atoms with van der Waals surface area (Å²) < 4.78 is 16.9. The Bertz CT molecular complexity index is 382. The van der Waals surface area contributed by atoms with Crippen molar-refractivity contribution in [3.05, 3.63) is 29.3 Å². The van der Waals surface area contributed by atoms with E-state index < -0.39 is 0 Å². The van der Waals surface area contributed by atoms with Crippen molar-refractivity contribution >= 4 is 0 Å². The van der Waals surface area contributed by atoms with Crippen LogP contribution >= 0.6 is 0 Å². The molecule has 0 fully saturated rings. The summed E-state index contributed by atoms with van der Waals surface area (Å²) in [5.74, 6) is 1.47. The highest BCUT2D eigenvalue weighted by Gasteiger charge is 2.09. The van der Waals surface area contributed by atoms with Gasteiger partial charge < -0.3 is 14.2 Å². The Labute approximate surface area is 123 Å². The molecule has 0 saturated heterocycles. The average molecular weight is 280 g/mol. The molecular weight excluding hydrogens is 252 g/mol. The molecule has 1 aromatic rings. The van der Waals surface area contributed by atoms with Crippen LogP contribution < -0.4 is 4.74 Å². The third-order valence-corrected chi connectivity index (χ3v) is 3.20. The molecule has 0 unspecified atom stereocenters. The van der Waals surface area contributed by atoms with Crippen molar-refractivity contribution in [3.8, 4) is 5.75 Å². The normalized spacial score (nSPS) is 11.3. The highest BCUT2D eigenvalue weighted by atomic mass is 16.7. The van der Waals surface area contributed by atoms with E-state index in [2.05, 4.69) is 39.0 Å². The van der Waals surface area contributed by atoms with Gasteiger partial charge in [-0.15, -0.1) is 0 Å². The molecule has 114 valence electrons. The zero-order valence-corrected chi connectivity index (χ0v) is 13.4. The van der Waals surface area contributed by atoms with Crippen LogP contribution in [0.2, 0.25) is 0 Å². The third-order valence-electron chi connectivity index (χ3n) is 3.20. The molecule has 3 nitrogen and oxygen atoms in total. The number of aryl methyl sites for hydroxylation is 1. The Morgan fingerprint density at radius 1 is 1.05 bits per heavy atom. The fraction of sp³-hybridized carbons (Fsp3) is 0.647. The molecule has 0 N–H and O–H groups in total. The van der Waals surface area contributed by atoms with E-state index in [-0.39, 0.29) is 6.29 Å². The summed E-state index contributed by atoms with van der Waals surface area (Å²) in [6, 6.07) is 6.42. The molecule has 3 heteroatoms. The van der Waals surface area contributed by atoms with E-state index in [4.69, 9.17) is 14.2 Å². The number of hydrogen-bond acceptors (Lipinski definition) is 3. The van der Waals surface area contributed by atoms with Crippen LogP contribution in [0.1, 0.15) is 51.2 Å². The van der Waals surface area contributed by atoms with Gasteiger partial charge in [-0.1, -0.05) is 26.0 Å². The minimum Gasteiger partial charge on any atom is -0.493 e. The van der Waals surface area contributed by atoms with E-state index in [9.17, 15) is 0 Å². The molecule has 0 saturated carbocycles. The van der Waals surface area contributed by atoms with Crippen LogP contribution in [0.3, 0.4) is 0 Å². The van der Waals surface area contributed by atoms with Crippen molar-refractivity contribution in [2.75, 3.05) is 19.8 Å². The van der Waals surface area contributed by atoms with Gasteiger partial charge in [0.05, 0.1) is 6.61 Å². The van der Waals surface area contributed by atoms with Crippen LogP contribution in [0.25, 0.3) is 0 Å². The molecule has 0 aliphatic rings. The maximum absolute atomic E-state index is 5.89. The minimum absolute atomic E-state index is 0.168. The van der Waals surface area contributed by atoms with E-state index in [0.29, 0.717) is 25.7 Å². The Morgan fingerprint density at radius 3 is 2.25 bits per heavy atom. The molecule has 0 heterocycles. The van der Waals surface area contributed by atoms with Crippen molar-refractivity contribution in [3.63, 3.8) is 0 Å². The Kier molecular flexibility index (Phi) is 7.63. The van der Waals surface area contributed by atoms with Crippen LogP contribution in [0, 0.1) is 6.92 Å². The molecule has 20 heavy (non-hydrogen) atoms. The highest BCUT2D eigenvalue weighted by Crippen LogP contribution is 2.24. The predicted molar refractivity (Wildman–Crippen MR) is 82.4 cm³/mol. The largest absolute Gasteiger partial charge is 0.493 e. The van der Waals surface area contributed by atoms with Crippen molar-refractivity contribution in [1.82, 2.24) is 0 Å². The molecular formula is C17H28O3. The van der Waals surface area contributed by atoms with Crippen molar-refractivity contribution in [2.24, 2.45) is 0 Å². The van der Waals surface area contributed by atoms with Gasteiger partial charge in [-0.25, -0.2) is 0 Å². The summed E-state index contributed by atoms with van der Waals surface area (Å²) in [5.41, 5.74) is 2.47. The summed E-state index contributed by atoms with van der Waals surface area (Å²) >= 11 is 0. The Morgan fingerprint density at radius 2 is 1.70 bits per heavy atom. The molecule has 0 amide bonds. The number of rotatable bonds is 9. The maximum Gasteiger partial charge on any atom is 0.160 e. The first-order chi connectivity index (χ1) is 9.58. The van der Waals surface area contributed by atoms with E-state index in [1.54, 1.807) is 0 Å². The molecule has 0 aromatic heterocycles. The average Bonchev–Trinajstić information content (AvgIpc) is 2.41. The van der Waals surface area contributed by atoms with Crippen LogP contribution in [-0.4, -0.2) is 26.1 Å². The van der Waals surface area contributed by atoms with E-state index in [0.717, 1.165) is 12.2 Å². The summed E-state index contributed by atoms with van der Waals surface area (Å²) in [5, 5.41) is 0. The number of hydrogen-bond donors (Lipinski definition) is 0. The zero-order valence-electron chi connectivity index (χ0n) is 13.4. The summed E-state index contributed by atoms with van der Waals surface area (Å²) in [6.07, 6.45) is 0.575. The van der Waals surface area contributed by atoms with Crippen LogP contribution in [0.15, 0.2) is 18.2 Å². The second-order valence-electron chi connectivity index (χ2n) is 5.16. The van der Waals surface area contributed by atoms with E-state index in [1.165, 1.54) is 11.1 Å². The van der Waals surface area contributed by atoms with Crippen LogP contribution in [-0.2, 0) is 9.47 Å². The van der Waals surface area contributed by atoms with Gasteiger partial charge >= 0.3 is 0 Å². The molecule has 0 radical (unpaired) electrons. The van der Waals surface area contributed by atoms with Gasteiger partial charge in [0.1, 0.15) is 5.75 Å². The molecule has 0 aliphatic heterocycles. The summed E-state index contributed by atoms with van der Waals surface area (Å²) in [6.45, 7) is 12.3. The lowest BCUT2D eigenvalue weighted by Gasteiger charge is -2.18. The van der Waals surface area contributed by atoms with Crippen LogP contribution in [0.5, 0.6) is 5.75 Å². The van der Waals surface area contributed by atoms with Crippen molar-refractivity contribution in [2.45, 2.75) is 53.2 Å². The number of ether oxygens (including phenoxy) is 3. The minimum atomic E-state index is -0.168. The lowest BCUT2D eigenvalue weighted by atomic mass is 10.0. The molecule has 0 aliphatic carbocycles. The fourth-order valence-corrected chi connectivity index (χ4v) is 1.98. The monoisotopic (exact) mass is 280 g/mol. The van der Waals surface area contributed by atoms with Gasteiger partial charge in [-0.05, 0) is 43.9 Å². The third kappa shape index (κ3) is 5.51. The lowest BCUT2D eigenvalue weighted by Crippen LogP contribution is -2.20. The smallest absolute Gasteiger partial charge is 0.160 e. The predicted octanol–water partition coefficient (Wildman–Crippen LogP) is 4.29. The quantitative estimate of drug-likeness (QED) is 0.632. The Hall–Kier alpha value is -1.06. The first-order valence-corrected chi connectivity index (χ1v) is 7.55. The van der Waals surface area contributed by atoms with Gasteiger partial charge in [-0.3, -0.25) is 0 Å². The van der Waals surface area contributed by atoms with Crippen molar-refractivity contribution in [1.29, 1.82) is 0 Å². The van der Waals surface area contributed by atoms with E-state index >= 15 is 0 Å². The van der Waals surface area contributed by atoms with Gasteiger partial charge in [0.15, 0.2) is 6.29 Å². The number of benzene rings is 1. The molecule has 0 bridgehead atoms. The summed E-state index contributed by atoms with van der Waals surface area (Å²) in [7, 11) is 0. The second kappa shape index (κ2) is 8.98. The first kappa shape index (κ1) is 17.0. The summed E-state index contributed by atoms with van der Waals surface area (Å²) in [4.78, 5) is 0. The van der Waals surface area contributed by atoms with Gasteiger partial charge in [0.25, 0.3) is 0 Å². The van der Waals surface area contributed by atoms with Gasteiger partial charge in [0.2, 0.25) is 0 Å². The molecule has 1 rings (SSSR count). The van der Waals surface area contributed by atoms with Gasteiger partial charge in [-0.2, -0.15) is 0 Å². The van der Waals surface area contributed by atoms with E-state index in [1.807, 2.05) is 13.8 Å².